The van der Waals surface area contributed by atoms with E-state index >= 15 is 0 Å². The third-order valence-electron chi connectivity index (χ3n) is 2.18. The largest absolute Gasteiger partial charge is 0.592 e. The molecule has 0 amide bonds. The lowest BCUT2D eigenvalue weighted by Crippen LogP contribution is -2.41. The Morgan fingerprint density at radius 3 is 2.47 bits per heavy atom. The predicted molar refractivity (Wildman–Crippen MR) is 68.4 cm³/mol. The van der Waals surface area contributed by atoms with Crippen molar-refractivity contribution in [2.45, 2.75) is 32.4 Å². The van der Waals surface area contributed by atoms with Crippen LogP contribution < -0.4 is 0 Å². The third-order valence-corrected chi connectivity index (χ3v) is 3.89. The highest BCUT2D eigenvalue weighted by Crippen LogP contribution is 2.27. The predicted octanol–water partition coefficient (Wildman–Crippen LogP) is 2.19. The summed E-state index contributed by atoms with van der Waals surface area (Å²) >= 11 is -1.44. The molecule has 0 aromatic rings. The van der Waals surface area contributed by atoms with Crippen LogP contribution in [-0.2, 0) is 16.2 Å². The minimum Gasteiger partial charge on any atom is -0.592 e. The first-order valence-corrected chi connectivity index (χ1v) is 6.36. The molecule has 4 nitrogen and oxygen atoms in total. The molecule has 1 N–H and O–H groups in total. The standard InChI is InChI=1S/C12H17NO3S/c1-9-7-5-6-8-13(10(9)11(14)15)17(16)12(2,3)4/h5-8H,1-4H3,(H,14,15)/t17-/m1/s1. The first-order valence-electron chi connectivity index (χ1n) is 5.25. The minimum absolute atomic E-state index is 0.0586. The van der Waals surface area contributed by atoms with Gasteiger partial charge in [0.15, 0.2) is 5.70 Å². The molecule has 0 bridgehead atoms. The molecular formula is C12H17NO3S. The first-order chi connectivity index (χ1) is 7.75. The molecule has 0 saturated carbocycles. The summed E-state index contributed by atoms with van der Waals surface area (Å²) in [4.78, 5) is 11.3. The van der Waals surface area contributed by atoms with Crippen LogP contribution >= 0.6 is 0 Å². The van der Waals surface area contributed by atoms with Crippen LogP contribution in [0.4, 0.5) is 0 Å². The van der Waals surface area contributed by atoms with E-state index in [1.807, 2.05) is 20.8 Å². The number of nitrogens with zero attached hydrogens (tertiary/aromatic N) is 1. The van der Waals surface area contributed by atoms with E-state index in [1.165, 1.54) is 10.5 Å². The molecule has 1 atom stereocenters. The molecule has 0 saturated heterocycles. The second-order valence-corrected chi connectivity index (χ2v) is 6.84. The summed E-state index contributed by atoms with van der Waals surface area (Å²) in [7, 11) is 0. The van der Waals surface area contributed by atoms with E-state index < -0.39 is 22.1 Å². The molecule has 0 radical (unpaired) electrons. The minimum atomic E-state index is -1.44. The van der Waals surface area contributed by atoms with Gasteiger partial charge in [-0.2, -0.15) is 4.31 Å². The fourth-order valence-electron chi connectivity index (χ4n) is 1.35. The highest BCUT2D eigenvalue weighted by Gasteiger charge is 2.36. The molecule has 1 rings (SSSR count). The SMILES string of the molecule is CC1=C(C(=O)O)N([S@+]([O-])C(C)(C)C)C=CC=C1. The van der Waals surface area contributed by atoms with Crippen molar-refractivity contribution in [1.29, 1.82) is 0 Å². The van der Waals surface area contributed by atoms with Crippen molar-refractivity contribution in [1.82, 2.24) is 4.31 Å². The van der Waals surface area contributed by atoms with E-state index in [9.17, 15) is 14.5 Å². The number of carboxylic acids is 1. The van der Waals surface area contributed by atoms with Crippen molar-refractivity contribution in [2.75, 3.05) is 0 Å². The summed E-state index contributed by atoms with van der Waals surface area (Å²) in [5, 5.41) is 9.22. The number of carboxylic acid groups (broad SMARTS) is 1. The summed E-state index contributed by atoms with van der Waals surface area (Å²) < 4.78 is 13.1. The van der Waals surface area contributed by atoms with Crippen LogP contribution in [0.15, 0.2) is 35.7 Å². The Kier molecular flexibility index (Phi) is 4.06. The van der Waals surface area contributed by atoms with E-state index in [4.69, 9.17) is 0 Å². The van der Waals surface area contributed by atoms with Gasteiger partial charge in [-0.05, 0) is 39.3 Å². The number of aliphatic carboxylic acids is 1. The van der Waals surface area contributed by atoms with Gasteiger partial charge in [-0.1, -0.05) is 12.2 Å². The molecule has 0 fully saturated rings. The van der Waals surface area contributed by atoms with Crippen molar-refractivity contribution in [3.8, 4) is 0 Å². The Labute approximate surface area is 105 Å². The van der Waals surface area contributed by atoms with E-state index in [-0.39, 0.29) is 5.70 Å². The maximum Gasteiger partial charge on any atom is 0.357 e. The van der Waals surface area contributed by atoms with Crippen molar-refractivity contribution in [3.63, 3.8) is 0 Å². The molecule has 17 heavy (non-hydrogen) atoms. The van der Waals surface area contributed by atoms with Gasteiger partial charge in [-0.25, -0.2) is 4.79 Å². The van der Waals surface area contributed by atoms with Crippen LogP contribution in [-0.4, -0.2) is 24.7 Å². The van der Waals surface area contributed by atoms with Crippen molar-refractivity contribution in [3.05, 3.63) is 35.7 Å². The molecule has 5 heteroatoms. The van der Waals surface area contributed by atoms with Crippen molar-refractivity contribution in [2.24, 2.45) is 0 Å². The monoisotopic (exact) mass is 255 g/mol. The molecule has 0 spiro atoms. The number of allylic oxidation sites excluding steroid dienone is 4. The molecule has 1 aliphatic rings. The average Bonchev–Trinajstić information content (AvgIpc) is 2.37. The lowest BCUT2D eigenvalue weighted by molar-refractivity contribution is -0.133. The molecule has 0 aromatic heterocycles. The fraction of sp³-hybridized carbons (Fsp3) is 0.417. The fourth-order valence-corrected chi connectivity index (χ4v) is 2.51. The van der Waals surface area contributed by atoms with E-state index in [2.05, 4.69) is 0 Å². The molecule has 1 aliphatic heterocycles. The van der Waals surface area contributed by atoms with E-state index in [1.54, 1.807) is 25.2 Å². The smallest absolute Gasteiger partial charge is 0.357 e. The van der Waals surface area contributed by atoms with Gasteiger partial charge in [-0.3, -0.25) is 0 Å². The Morgan fingerprint density at radius 1 is 1.41 bits per heavy atom. The highest BCUT2D eigenvalue weighted by atomic mass is 32.2. The quantitative estimate of drug-likeness (QED) is 0.768. The molecule has 0 unspecified atom stereocenters. The molecule has 1 heterocycles. The van der Waals surface area contributed by atoms with Crippen molar-refractivity contribution < 1.29 is 14.5 Å². The molecule has 0 aromatic carbocycles. The summed E-state index contributed by atoms with van der Waals surface area (Å²) in [6.45, 7) is 7.12. The van der Waals surface area contributed by atoms with Gasteiger partial charge in [0, 0.05) is 0 Å². The van der Waals surface area contributed by atoms with E-state index in [0.717, 1.165) is 0 Å². The van der Waals surface area contributed by atoms with Crippen LogP contribution in [0, 0.1) is 0 Å². The van der Waals surface area contributed by atoms with E-state index in [0.29, 0.717) is 5.57 Å². The second kappa shape index (κ2) is 4.98. The zero-order valence-electron chi connectivity index (χ0n) is 10.4. The maximum absolute atomic E-state index is 12.3. The number of rotatable bonds is 2. The average molecular weight is 255 g/mol. The van der Waals surface area contributed by atoms with Gasteiger partial charge < -0.3 is 9.66 Å². The van der Waals surface area contributed by atoms with Crippen LogP contribution in [0.1, 0.15) is 27.7 Å². The Bertz CT molecular complexity index is 404. The Morgan fingerprint density at radius 2 is 2.00 bits per heavy atom. The number of hydrogen-bond acceptors (Lipinski definition) is 3. The molecular weight excluding hydrogens is 238 g/mol. The van der Waals surface area contributed by atoms with Gasteiger partial charge in [0.1, 0.15) is 4.75 Å². The van der Waals surface area contributed by atoms with Crippen molar-refractivity contribution >= 4 is 17.3 Å². The summed E-state index contributed by atoms with van der Waals surface area (Å²) in [6, 6.07) is 0. The lowest BCUT2D eigenvalue weighted by atomic mass is 10.2. The van der Waals surface area contributed by atoms with Gasteiger partial charge in [-0.15, -0.1) is 0 Å². The van der Waals surface area contributed by atoms with Gasteiger partial charge in [0.2, 0.25) is 0 Å². The van der Waals surface area contributed by atoms with Crippen LogP contribution in [0.2, 0.25) is 0 Å². The highest BCUT2D eigenvalue weighted by molar-refractivity contribution is 7.90. The van der Waals surface area contributed by atoms with Crippen LogP contribution in [0.25, 0.3) is 0 Å². The number of carbonyl (C=O) groups is 1. The summed E-state index contributed by atoms with van der Waals surface area (Å²) in [5.41, 5.74) is 0.642. The third kappa shape index (κ3) is 3.14. The number of hydrogen-bond donors (Lipinski definition) is 1. The van der Waals surface area contributed by atoms with Gasteiger partial charge in [0.05, 0.1) is 17.6 Å². The lowest BCUT2D eigenvalue weighted by Gasteiger charge is -2.31. The zero-order valence-corrected chi connectivity index (χ0v) is 11.2. The first kappa shape index (κ1) is 13.9. The normalized spacial score (nSPS) is 18.3. The molecule has 94 valence electrons. The maximum atomic E-state index is 12.3. The Balaban J connectivity index is 3.21. The van der Waals surface area contributed by atoms with Gasteiger partial charge in [0.25, 0.3) is 0 Å². The summed E-state index contributed by atoms with van der Waals surface area (Å²) in [6.07, 6.45) is 6.65. The van der Waals surface area contributed by atoms with Gasteiger partial charge >= 0.3 is 5.97 Å². The van der Waals surface area contributed by atoms with Crippen LogP contribution in [0.3, 0.4) is 0 Å². The second-order valence-electron chi connectivity index (χ2n) is 4.72. The molecule has 0 aliphatic carbocycles. The zero-order chi connectivity index (χ0) is 13.2. The van der Waals surface area contributed by atoms with Crippen LogP contribution in [0.5, 0.6) is 0 Å². The summed E-state index contributed by atoms with van der Waals surface area (Å²) in [5.74, 6) is -1.07. The Hall–Kier alpha value is -1.20. The topological polar surface area (TPSA) is 63.6 Å².